The van der Waals surface area contributed by atoms with E-state index in [-0.39, 0.29) is 0 Å². The lowest BCUT2D eigenvalue weighted by Gasteiger charge is -1.93. The van der Waals surface area contributed by atoms with Crippen molar-refractivity contribution >= 4 is 22.7 Å². The van der Waals surface area contributed by atoms with Crippen molar-refractivity contribution in [2.75, 3.05) is 0 Å². The maximum absolute atomic E-state index is 4.62. The van der Waals surface area contributed by atoms with E-state index >= 15 is 0 Å². The summed E-state index contributed by atoms with van der Waals surface area (Å²) in [5, 5.41) is 5.24. The van der Waals surface area contributed by atoms with Crippen molar-refractivity contribution < 1.29 is 0 Å². The van der Waals surface area contributed by atoms with Crippen LogP contribution in [0.2, 0.25) is 0 Å². The summed E-state index contributed by atoms with van der Waals surface area (Å²) in [6.45, 7) is 0. The van der Waals surface area contributed by atoms with Crippen molar-refractivity contribution in [2.24, 2.45) is 0 Å². The van der Waals surface area contributed by atoms with Crippen molar-refractivity contribution in [2.45, 2.75) is 0 Å². The van der Waals surface area contributed by atoms with E-state index in [0.717, 1.165) is 16.3 Å². The highest BCUT2D eigenvalue weighted by Crippen LogP contribution is 2.31. The second-order valence-electron chi connectivity index (χ2n) is 3.25. The van der Waals surface area contributed by atoms with Gasteiger partial charge >= 0.3 is 0 Å². The number of thiazole rings is 1. The molecule has 3 heterocycles. The quantitative estimate of drug-likeness (QED) is 0.682. The zero-order chi connectivity index (χ0) is 10.8. The molecule has 0 aromatic carbocycles. The van der Waals surface area contributed by atoms with E-state index in [0.29, 0.717) is 0 Å². The number of hydrogen-bond donors (Lipinski definition) is 0. The molecule has 0 saturated carbocycles. The predicted molar refractivity (Wildman–Crippen MR) is 68.7 cm³/mol. The minimum absolute atomic E-state index is 1.02. The number of hydrogen-bond acceptors (Lipinski definition) is 4. The third-order valence-electron chi connectivity index (χ3n) is 2.21. The zero-order valence-electron chi connectivity index (χ0n) is 8.33. The monoisotopic (exact) mass is 244 g/mol. The van der Waals surface area contributed by atoms with Gasteiger partial charge in [-0.05, 0) is 23.6 Å². The summed E-state index contributed by atoms with van der Waals surface area (Å²) < 4.78 is 0. The molecule has 3 aromatic heterocycles. The van der Waals surface area contributed by atoms with Crippen molar-refractivity contribution in [1.29, 1.82) is 0 Å². The summed E-state index contributed by atoms with van der Waals surface area (Å²) in [7, 11) is 0. The normalized spacial score (nSPS) is 10.5. The summed E-state index contributed by atoms with van der Waals surface area (Å²) in [5.74, 6) is 0. The molecule has 3 rings (SSSR count). The largest absolute Gasteiger partial charge is 0.265 e. The Hall–Kier alpha value is -1.52. The molecule has 0 bridgehead atoms. The Morgan fingerprint density at radius 2 is 1.88 bits per heavy atom. The van der Waals surface area contributed by atoms with Crippen LogP contribution < -0.4 is 0 Å². The summed E-state index contributed by atoms with van der Waals surface area (Å²) in [5.41, 5.74) is 2.14. The van der Waals surface area contributed by atoms with Crippen LogP contribution in [0.15, 0.2) is 47.4 Å². The van der Waals surface area contributed by atoms with Crippen molar-refractivity contribution in [3.63, 3.8) is 0 Å². The summed E-state index contributed by atoms with van der Waals surface area (Å²) >= 11 is 3.40. The van der Waals surface area contributed by atoms with Crippen LogP contribution in [-0.2, 0) is 0 Å². The average molecular weight is 244 g/mol. The molecule has 3 aromatic rings. The SMILES string of the molecule is c1csc(-c2nc(-c3ccncc3)cs2)c1. The Bertz CT molecular complexity index is 570. The van der Waals surface area contributed by atoms with Crippen molar-refractivity contribution in [1.82, 2.24) is 9.97 Å². The molecule has 0 aliphatic heterocycles. The number of aromatic nitrogens is 2. The van der Waals surface area contributed by atoms with E-state index in [4.69, 9.17) is 0 Å². The Morgan fingerprint density at radius 1 is 1.00 bits per heavy atom. The van der Waals surface area contributed by atoms with Crippen LogP contribution in [0, 0.1) is 0 Å². The van der Waals surface area contributed by atoms with E-state index in [1.807, 2.05) is 18.2 Å². The molecule has 0 spiro atoms. The minimum Gasteiger partial charge on any atom is -0.265 e. The molecule has 0 saturated heterocycles. The summed E-state index contributed by atoms with van der Waals surface area (Å²) in [4.78, 5) is 9.86. The Balaban J connectivity index is 2.00. The first-order valence-corrected chi connectivity index (χ1v) is 6.59. The number of thiophene rings is 1. The summed E-state index contributed by atoms with van der Waals surface area (Å²) in [6, 6.07) is 8.11. The molecule has 0 unspecified atom stereocenters. The smallest absolute Gasteiger partial charge is 0.134 e. The van der Waals surface area contributed by atoms with E-state index < -0.39 is 0 Å². The highest BCUT2D eigenvalue weighted by Gasteiger charge is 2.06. The molecule has 2 nitrogen and oxygen atoms in total. The van der Waals surface area contributed by atoms with Gasteiger partial charge in [-0.15, -0.1) is 22.7 Å². The first kappa shape index (κ1) is 9.69. The van der Waals surface area contributed by atoms with Crippen LogP contribution in [-0.4, -0.2) is 9.97 Å². The fraction of sp³-hybridized carbons (Fsp3) is 0. The minimum atomic E-state index is 1.02. The van der Waals surface area contributed by atoms with Crippen molar-refractivity contribution in [3.8, 4) is 21.1 Å². The molecule has 0 radical (unpaired) electrons. The summed E-state index contributed by atoms with van der Waals surface area (Å²) in [6.07, 6.45) is 3.58. The van der Waals surface area contributed by atoms with Gasteiger partial charge in [0.1, 0.15) is 5.01 Å². The van der Waals surface area contributed by atoms with E-state index in [9.17, 15) is 0 Å². The molecule has 16 heavy (non-hydrogen) atoms. The van der Waals surface area contributed by atoms with Gasteiger partial charge in [0.2, 0.25) is 0 Å². The van der Waals surface area contributed by atoms with Gasteiger partial charge < -0.3 is 0 Å². The zero-order valence-corrected chi connectivity index (χ0v) is 9.96. The van der Waals surface area contributed by atoms with E-state index in [2.05, 4.69) is 26.8 Å². The maximum Gasteiger partial charge on any atom is 0.134 e. The maximum atomic E-state index is 4.62. The third-order valence-corrected chi connectivity index (χ3v) is 4.09. The number of pyridine rings is 1. The molecule has 0 atom stereocenters. The molecule has 0 amide bonds. The molecular formula is C12H8N2S2. The standard InChI is InChI=1S/C12H8N2S2/c1-2-11(15-7-1)12-14-10(8-16-12)9-3-5-13-6-4-9/h1-8H. The Morgan fingerprint density at radius 3 is 2.62 bits per heavy atom. The lowest BCUT2D eigenvalue weighted by atomic mass is 10.2. The fourth-order valence-corrected chi connectivity index (χ4v) is 3.09. The first-order valence-electron chi connectivity index (χ1n) is 4.83. The van der Waals surface area contributed by atoms with E-state index in [1.165, 1.54) is 4.88 Å². The lowest BCUT2D eigenvalue weighted by molar-refractivity contribution is 1.31. The lowest BCUT2D eigenvalue weighted by Crippen LogP contribution is -1.78. The van der Waals surface area contributed by atoms with Crippen LogP contribution >= 0.6 is 22.7 Å². The molecule has 4 heteroatoms. The molecule has 0 aliphatic rings. The average Bonchev–Trinajstić information content (AvgIpc) is 3.01. The Kier molecular flexibility index (Phi) is 2.52. The van der Waals surface area contributed by atoms with Gasteiger partial charge in [-0.3, -0.25) is 4.98 Å². The van der Waals surface area contributed by atoms with E-state index in [1.54, 1.807) is 35.1 Å². The first-order chi connectivity index (χ1) is 7.93. The van der Waals surface area contributed by atoms with Crippen LogP contribution in [0.4, 0.5) is 0 Å². The molecule has 0 N–H and O–H groups in total. The van der Waals surface area contributed by atoms with Crippen LogP contribution in [0.25, 0.3) is 21.1 Å². The van der Waals surface area contributed by atoms with Gasteiger partial charge in [0.05, 0.1) is 10.6 Å². The van der Waals surface area contributed by atoms with Crippen LogP contribution in [0.5, 0.6) is 0 Å². The second kappa shape index (κ2) is 4.15. The van der Waals surface area contributed by atoms with Gasteiger partial charge in [0.25, 0.3) is 0 Å². The van der Waals surface area contributed by atoms with Crippen LogP contribution in [0.1, 0.15) is 0 Å². The number of nitrogens with zero attached hydrogens (tertiary/aromatic N) is 2. The van der Waals surface area contributed by atoms with Gasteiger partial charge in [0.15, 0.2) is 0 Å². The molecular weight excluding hydrogens is 236 g/mol. The highest BCUT2D eigenvalue weighted by molar-refractivity contribution is 7.20. The molecule has 0 aliphatic carbocycles. The molecule has 78 valence electrons. The number of rotatable bonds is 2. The fourth-order valence-electron chi connectivity index (χ4n) is 1.44. The van der Waals surface area contributed by atoms with Gasteiger partial charge in [-0.1, -0.05) is 6.07 Å². The van der Waals surface area contributed by atoms with Gasteiger partial charge in [0, 0.05) is 23.3 Å². The van der Waals surface area contributed by atoms with Gasteiger partial charge in [-0.25, -0.2) is 4.98 Å². The van der Waals surface area contributed by atoms with Crippen molar-refractivity contribution in [3.05, 3.63) is 47.4 Å². The highest BCUT2D eigenvalue weighted by atomic mass is 32.1. The Labute approximate surface area is 101 Å². The van der Waals surface area contributed by atoms with Crippen LogP contribution in [0.3, 0.4) is 0 Å². The third kappa shape index (κ3) is 1.77. The van der Waals surface area contributed by atoms with Gasteiger partial charge in [-0.2, -0.15) is 0 Å². The topological polar surface area (TPSA) is 25.8 Å². The second-order valence-corrected chi connectivity index (χ2v) is 5.06. The molecule has 0 fully saturated rings. The predicted octanol–water partition coefficient (Wildman–Crippen LogP) is 3.93.